The smallest absolute Gasteiger partial charge is 0.332 e. The van der Waals surface area contributed by atoms with Crippen LogP contribution in [0.1, 0.15) is 53.2 Å². The maximum atomic E-state index is 13.3. The van der Waals surface area contributed by atoms with Crippen LogP contribution in [0.4, 0.5) is 0 Å². The van der Waals surface area contributed by atoms with Gasteiger partial charge in [-0.3, -0.25) is 4.79 Å². The number of rotatable bonds is 9. The minimum Gasteiger partial charge on any atom is -0.479 e. The fourth-order valence-electron chi connectivity index (χ4n) is 4.09. The van der Waals surface area contributed by atoms with Crippen LogP contribution in [-0.2, 0) is 22.5 Å². The van der Waals surface area contributed by atoms with Gasteiger partial charge in [-0.1, -0.05) is 42.5 Å². The number of ether oxygens (including phenoxy) is 2. The maximum Gasteiger partial charge on any atom is 0.332 e. The van der Waals surface area contributed by atoms with Gasteiger partial charge in [0.25, 0.3) is 5.91 Å². The van der Waals surface area contributed by atoms with Crippen LogP contribution in [0.3, 0.4) is 0 Å². The molecule has 35 heavy (non-hydrogen) atoms. The summed E-state index contributed by atoms with van der Waals surface area (Å²) in [5, 5.41) is 10.2. The predicted octanol–water partition coefficient (Wildman–Crippen LogP) is 5.31. The highest BCUT2D eigenvalue weighted by atomic mass is 32.1. The SMILES string of the molecule is Cc1nc(-c2ccccc2)sc1C(=O)N1COc2ccc(CCCC(OC(C)C)C(=O)O)cc2C1. The van der Waals surface area contributed by atoms with Gasteiger partial charge in [-0.25, -0.2) is 9.78 Å². The van der Waals surface area contributed by atoms with Gasteiger partial charge in [0, 0.05) is 11.1 Å². The van der Waals surface area contributed by atoms with Crippen LogP contribution >= 0.6 is 11.3 Å². The van der Waals surface area contributed by atoms with E-state index in [2.05, 4.69) is 4.98 Å². The quantitative estimate of drug-likeness (QED) is 0.434. The number of amides is 1. The highest BCUT2D eigenvalue weighted by Crippen LogP contribution is 2.32. The average molecular weight is 495 g/mol. The number of hydrogen-bond acceptors (Lipinski definition) is 6. The van der Waals surface area contributed by atoms with Gasteiger partial charge in [0.15, 0.2) is 12.8 Å². The molecule has 184 valence electrons. The number of aliphatic carboxylic acids is 1. The number of carboxylic acids is 1. The molecule has 0 radical (unpaired) electrons. The summed E-state index contributed by atoms with van der Waals surface area (Å²) in [7, 11) is 0. The molecule has 1 aromatic heterocycles. The number of carboxylic acid groups (broad SMARTS) is 1. The number of carbonyl (C=O) groups excluding carboxylic acids is 1. The van der Waals surface area contributed by atoms with E-state index in [1.54, 1.807) is 4.90 Å². The van der Waals surface area contributed by atoms with Crippen LogP contribution in [0.25, 0.3) is 10.6 Å². The Bertz CT molecular complexity index is 1190. The van der Waals surface area contributed by atoms with Gasteiger partial charge < -0.3 is 19.5 Å². The first-order valence-corrected chi connectivity index (χ1v) is 12.6. The monoisotopic (exact) mass is 494 g/mol. The van der Waals surface area contributed by atoms with E-state index in [1.807, 2.05) is 69.3 Å². The van der Waals surface area contributed by atoms with E-state index in [0.29, 0.717) is 24.3 Å². The molecule has 7 nitrogen and oxygen atoms in total. The van der Waals surface area contributed by atoms with Crippen molar-refractivity contribution in [2.45, 2.75) is 58.8 Å². The second kappa shape index (κ2) is 11.0. The molecule has 3 aromatic rings. The molecular weight excluding hydrogens is 464 g/mol. The zero-order valence-corrected chi connectivity index (χ0v) is 21.0. The standard InChI is InChI=1S/C27H30N2O5S/c1-17(2)34-23(27(31)32)11-7-8-19-12-13-22-21(14-19)15-29(16-33-22)26(30)24-18(3)28-25(35-24)20-9-5-4-6-10-20/h4-6,9-10,12-14,17,23H,7-8,11,15-16H2,1-3H3,(H,31,32). The predicted molar refractivity (Wildman–Crippen MR) is 135 cm³/mol. The molecule has 8 heteroatoms. The lowest BCUT2D eigenvalue weighted by Gasteiger charge is -2.29. The number of hydrogen-bond donors (Lipinski definition) is 1. The van der Waals surface area contributed by atoms with Crippen LogP contribution < -0.4 is 4.74 Å². The zero-order valence-electron chi connectivity index (χ0n) is 20.2. The van der Waals surface area contributed by atoms with Crippen molar-refractivity contribution < 1.29 is 24.2 Å². The summed E-state index contributed by atoms with van der Waals surface area (Å²) in [5.41, 5.74) is 3.74. The van der Waals surface area contributed by atoms with Crippen molar-refractivity contribution in [1.29, 1.82) is 0 Å². The number of aryl methyl sites for hydroxylation is 2. The molecule has 4 rings (SSSR count). The van der Waals surface area contributed by atoms with Crippen molar-refractivity contribution in [2.75, 3.05) is 6.73 Å². The third kappa shape index (κ3) is 6.07. The van der Waals surface area contributed by atoms with Crippen LogP contribution in [0.2, 0.25) is 0 Å². The third-order valence-electron chi connectivity index (χ3n) is 5.80. The molecule has 1 amide bonds. The Labute approximate surface area is 209 Å². The van der Waals surface area contributed by atoms with Crippen LogP contribution in [-0.4, -0.2) is 45.8 Å². The minimum absolute atomic E-state index is 0.0895. The Kier molecular flexibility index (Phi) is 7.83. The van der Waals surface area contributed by atoms with Crippen molar-refractivity contribution in [3.05, 3.63) is 70.2 Å². The molecule has 0 saturated heterocycles. The van der Waals surface area contributed by atoms with E-state index in [1.165, 1.54) is 11.3 Å². The molecule has 1 atom stereocenters. The molecule has 0 fully saturated rings. The highest BCUT2D eigenvalue weighted by Gasteiger charge is 2.27. The Hall–Kier alpha value is -3.23. The lowest BCUT2D eigenvalue weighted by atomic mass is 10.0. The second-order valence-corrected chi connectivity index (χ2v) is 9.92. The molecule has 0 bridgehead atoms. The second-order valence-electron chi connectivity index (χ2n) is 8.92. The summed E-state index contributed by atoms with van der Waals surface area (Å²) in [6.07, 6.45) is 0.925. The summed E-state index contributed by atoms with van der Waals surface area (Å²) in [4.78, 5) is 31.6. The van der Waals surface area contributed by atoms with Crippen molar-refractivity contribution >= 4 is 23.2 Å². The molecular formula is C27H30N2O5S. The number of aromatic nitrogens is 1. The molecule has 2 aromatic carbocycles. The van der Waals surface area contributed by atoms with Gasteiger partial charge in [0.05, 0.1) is 18.3 Å². The summed E-state index contributed by atoms with van der Waals surface area (Å²) in [5.74, 6) is -0.246. The number of nitrogens with zero attached hydrogens (tertiary/aromatic N) is 2. The third-order valence-corrected chi connectivity index (χ3v) is 7.00. The molecule has 1 N–H and O–H groups in total. The fourth-order valence-corrected chi connectivity index (χ4v) is 5.13. The van der Waals surface area contributed by atoms with Gasteiger partial charge in [-0.05, 0) is 51.7 Å². The van der Waals surface area contributed by atoms with Crippen molar-refractivity contribution in [1.82, 2.24) is 9.88 Å². The first-order chi connectivity index (χ1) is 16.8. The Balaban J connectivity index is 1.41. The van der Waals surface area contributed by atoms with Gasteiger partial charge in [0.2, 0.25) is 0 Å². The Morgan fingerprint density at radius 2 is 1.97 bits per heavy atom. The summed E-state index contributed by atoms with van der Waals surface area (Å²) < 4.78 is 11.4. The first-order valence-electron chi connectivity index (χ1n) is 11.8. The topological polar surface area (TPSA) is 89.0 Å². The van der Waals surface area contributed by atoms with Crippen molar-refractivity contribution in [3.8, 4) is 16.3 Å². The van der Waals surface area contributed by atoms with E-state index < -0.39 is 12.1 Å². The molecule has 1 aliphatic rings. The van der Waals surface area contributed by atoms with Gasteiger partial charge >= 0.3 is 5.97 Å². The van der Waals surface area contributed by atoms with E-state index in [-0.39, 0.29) is 18.7 Å². The molecule has 0 saturated carbocycles. The summed E-state index contributed by atoms with van der Waals surface area (Å²) in [6, 6.07) is 15.8. The van der Waals surface area contributed by atoms with Crippen LogP contribution in [0.15, 0.2) is 48.5 Å². The van der Waals surface area contributed by atoms with Gasteiger partial charge in [-0.15, -0.1) is 11.3 Å². The van der Waals surface area contributed by atoms with E-state index in [0.717, 1.165) is 39.6 Å². The lowest BCUT2D eigenvalue weighted by Crippen LogP contribution is -2.37. The largest absolute Gasteiger partial charge is 0.479 e. The van der Waals surface area contributed by atoms with Crippen LogP contribution in [0.5, 0.6) is 5.75 Å². The highest BCUT2D eigenvalue weighted by molar-refractivity contribution is 7.17. The normalized spacial score (nSPS) is 13.9. The molecule has 0 spiro atoms. The van der Waals surface area contributed by atoms with Crippen molar-refractivity contribution in [2.24, 2.45) is 0 Å². The summed E-state index contributed by atoms with van der Waals surface area (Å²) in [6.45, 7) is 6.18. The van der Waals surface area contributed by atoms with Gasteiger partial charge in [-0.2, -0.15) is 0 Å². The minimum atomic E-state index is -0.930. The average Bonchev–Trinajstić information content (AvgIpc) is 3.24. The Morgan fingerprint density at radius 3 is 2.69 bits per heavy atom. The fraction of sp³-hybridized carbons (Fsp3) is 0.370. The van der Waals surface area contributed by atoms with E-state index in [4.69, 9.17) is 9.47 Å². The number of thiazole rings is 1. The summed E-state index contributed by atoms with van der Waals surface area (Å²) >= 11 is 1.40. The van der Waals surface area contributed by atoms with E-state index >= 15 is 0 Å². The lowest BCUT2D eigenvalue weighted by molar-refractivity contribution is -0.153. The molecule has 0 aliphatic carbocycles. The first kappa shape index (κ1) is 24.9. The molecule has 1 aliphatic heterocycles. The number of fused-ring (bicyclic) bond motifs is 1. The number of carbonyl (C=O) groups is 2. The van der Waals surface area contributed by atoms with Crippen LogP contribution in [0, 0.1) is 6.92 Å². The Morgan fingerprint density at radius 1 is 1.20 bits per heavy atom. The number of benzene rings is 2. The van der Waals surface area contributed by atoms with E-state index in [9.17, 15) is 14.7 Å². The maximum absolute atomic E-state index is 13.3. The molecule has 1 unspecified atom stereocenters. The van der Waals surface area contributed by atoms with Crippen molar-refractivity contribution in [3.63, 3.8) is 0 Å². The molecule has 2 heterocycles. The van der Waals surface area contributed by atoms with Gasteiger partial charge in [0.1, 0.15) is 15.6 Å². The zero-order chi connectivity index (χ0) is 24.9.